The summed E-state index contributed by atoms with van der Waals surface area (Å²) in [6.45, 7) is 24.6. The predicted molar refractivity (Wildman–Crippen MR) is 186 cm³/mol. The highest BCUT2D eigenvalue weighted by molar-refractivity contribution is 6.01. The van der Waals surface area contributed by atoms with Gasteiger partial charge in [-0.25, -0.2) is 4.99 Å². The van der Waals surface area contributed by atoms with E-state index in [1.807, 2.05) is 19.9 Å². The van der Waals surface area contributed by atoms with Crippen LogP contribution in [0.2, 0.25) is 0 Å². The van der Waals surface area contributed by atoms with Crippen molar-refractivity contribution in [2.75, 3.05) is 6.67 Å². The van der Waals surface area contributed by atoms with Crippen LogP contribution in [0, 0.1) is 6.92 Å². The van der Waals surface area contributed by atoms with Crippen LogP contribution in [0.5, 0.6) is 0 Å². The Balaban J connectivity index is 0. The zero-order chi connectivity index (χ0) is 30.4. The van der Waals surface area contributed by atoms with Gasteiger partial charge in [0.05, 0.1) is 6.67 Å². The summed E-state index contributed by atoms with van der Waals surface area (Å²) in [6, 6.07) is 15.6. The fraction of sp³-hybridized carbons (Fsp3) is 0.568. The van der Waals surface area contributed by atoms with E-state index in [0.717, 1.165) is 18.0 Å². The van der Waals surface area contributed by atoms with Crippen LogP contribution in [0.4, 0.5) is 0 Å². The topological polar surface area (TPSA) is 36.8 Å². The lowest BCUT2D eigenvalue weighted by atomic mass is 10.1. The van der Waals surface area contributed by atoms with Gasteiger partial charge in [-0.1, -0.05) is 147 Å². The molecule has 1 aliphatic rings. The average Bonchev–Trinajstić information content (AvgIpc) is 3.23. The summed E-state index contributed by atoms with van der Waals surface area (Å²) in [4.78, 5) is 8.71. The second-order valence-corrected chi connectivity index (χ2v) is 10.3. The second kappa shape index (κ2) is 29.5. The largest absolute Gasteiger partial charge is 0.295 e. The summed E-state index contributed by atoms with van der Waals surface area (Å²) in [5, 5.41) is 6.15. The van der Waals surface area contributed by atoms with Crippen LogP contribution in [0.15, 0.2) is 77.8 Å². The minimum atomic E-state index is 0.651. The molecule has 2 aromatic rings. The molecule has 40 heavy (non-hydrogen) atoms. The van der Waals surface area contributed by atoms with Crippen LogP contribution in [0.3, 0.4) is 0 Å². The minimum Gasteiger partial charge on any atom is -0.295 e. The van der Waals surface area contributed by atoms with Crippen LogP contribution in [-0.2, 0) is 0 Å². The molecule has 1 N–H and O–H groups in total. The van der Waals surface area contributed by atoms with Crippen molar-refractivity contribution in [3.05, 3.63) is 73.3 Å². The van der Waals surface area contributed by atoms with Crippen molar-refractivity contribution in [3.8, 4) is 0 Å². The Hall–Kier alpha value is -2.52. The zero-order valence-electron chi connectivity index (χ0n) is 27.6. The van der Waals surface area contributed by atoms with Crippen LogP contribution in [0.25, 0.3) is 10.8 Å². The van der Waals surface area contributed by atoms with Gasteiger partial charge in [0.2, 0.25) is 0 Å². The lowest BCUT2D eigenvalue weighted by Crippen LogP contribution is -2.28. The molecule has 0 heterocycles. The van der Waals surface area contributed by atoms with Crippen molar-refractivity contribution >= 4 is 22.3 Å². The highest BCUT2D eigenvalue weighted by Crippen LogP contribution is 2.17. The Labute approximate surface area is 249 Å². The van der Waals surface area contributed by atoms with Crippen LogP contribution in [0.1, 0.15) is 125 Å². The first kappa shape index (κ1) is 39.6. The van der Waals surface area contributed by atoms with Gasteiger partial charge in [-0.2, -0.15) is 0 Å². The molecule has 226 valence electrons. The maximum absolute atomic E-state index is 4.41. The lowest BCUT2D eigenvalue weighted by molar-refractivity contribution is 0.468. The number of fused-ring (bicyclic) bond motifs is 1. The van der Waals surface area contributed by atoms with E-state index in [4.69, 9.17) is 0 Å². The molecule has 3 nitrogen and oxygen atoms in total. The minimum absolute atomic E-state index is 0.651. The molecule has 0 aliphatic heterocycles. The monoisotopic (exact) mass is 550 g/mol. The summed E-state index contributed by atoms with van der Waals surface area (Å²) in [6.07, 6.45) is 18.0. The summed E-state index contributed by atoms with van der Waals surface area (Å²) in [5.74, 6) is 0.823. The highest BCUT2D eigenvalue weighted by Gasteiger charge is 2.10. The Morgan fingerprint density at radius 1 is 0.850 bits per heavy atom. The summed E-state index contributed by atoms with van der Waals surface area (Å²) >= 11 is 0. The van der Waals surface area contributed by atoms with Crippen molar-refractivity contribution < 1.29 is 0 Å². The van der Waals surface area contributed by atoms with E-state index in [-0.39, 0.29) is 0 Å². The third-order valence-corrected chi connectivity index (χ3v) is 6.07. The van der Waals surface area contributed by atoms with Gasteiger partial charge in [0, 0.05) is 11.8 Å². The Kier molecular flexibility index (Phi) is 29.2. The normalized spacial score (nSPS) is 13.5. The van der Waals surface area contributed by atoms with Crippen molar-refractivity contribution in [2.24, 2.45) is 9.98 Å². The van der Waals surface area contributed by atoms with E-state index in [1.54, 1.807) is 6.08 Å². The molecule has 1 saturated carbocycles. The van der Waals surface area contributed by atoms with E-state index >= 15 is 0 Å². The molecule has 1 aliphatic carbocycles. The van der Waals surface area contributed by atoms with Crippen molar-refractivity contribution in [3.63, 3.8) is 0 Å². The number of benzene rings is 2. The number of rotatable bonds is 7. The van der Waals surface area contributed by atoms with Crippen LogP contribution >= 0.6 is 0 Å². The van der Waals surface area contributed by atoms with Gasteiger partial charge < -0.3 is 0 Å². The van der Waals surface area contributed by atoms with Crippen molar-refractivity contribution in [1.82, 2.24) is 5.32 Å². The van der Waals surface area contributed by atoms with Gasteiger partial charge in [-0.05, 0) is 56.9 Å². The van der Waals surface area contributed by atoms with Gasteiger partial charge in [0.15, 0.2) is 0 Å². The number of nitrogens with zero attached hydrogens (tertiary/aromatic N) is 2. The fourth-order valence-corrected chi connectivity index (χ4v) is 3.62. The van der Waals surface area contributed by atoms with Crippen molar-refractivity contribution in [2.45, 2.75) is 132 Å². The third-order valence-electron chi connectivity index (χ3n) is 6.07. The van der Waals surface area contributed by atoms with Gasteiger partial charge in [0.1, 0.15) is 5.84 Å². The average molecular weight is 550 g/mol. The zero-order valence-corrected chi connectivity index (χ0v) is 27.6. The standard InChI is InChI=1S/C14H25N3.C11H10.C5H10.C4H10.C3H8/c1-4-12(2)17-13(3)15-11-16-14-9-7-5-6-8-10-14;1-9-6-7-10-4-2-3-5-11(10)8-9;1-3-5-4-2;1-3-4-2;1-3-2/h4,14,16H,1,5-11H2,2-3H3;2-8H,1H3;3H,1,4-5H2,2H3;3-4H2,1-2H3;3H2,1-2H3/b15-13-,17-12?;;;;. The molecule has 2 aromatic carbocycles. The SMILES string of the molecule is C=CC(C)=N/C(C)=N\CNC1CCCCCC1.C=CCCC.CCC.CCCC.Cc1ccc2ccccc2c1. The van der Waals surface area contributed by atoms with Gasteiger partial charge in [-0.15, -0.1) is 6.58 Å². The molecule has 0 radical (unpaired) electrons. The first-order valence-electron chi connectivity index (χ1n) is 15.8. The number of aliphatic imine (C=N–C) groups is 2. The highest BCUT2D eigenvalue weighted by atomic mass is 15.1. The van der Waals surface area contributed by atoms with E-state index in [2.05, 4.69) is 112 Å². The van der Waals surface area contributed by atoms with E-state index < -0.39 is 0 Å². The number of hydrogen-bond acceptors (Lipinski definition) is 2. The number of unbranched alkanes of at least 4 members (excludes halogenated alkanes) is 2. The quantitative estimate of drug-likeness (QED) is 0.158. The number of aryl methyl sites for hydroxylation is 1. The molecule has 1 fully saturated rings. The molecule has 0 saturated heterocycles. The van der Waals surface area contributed by atoms with E-state index in [0.29, 0.717) is 12.7 Å². The summed E-state index contributed by atoms with van der Waals surface area (Å²) in [7, 11) is 0. The second-order valence-electron chi connectivity index (χ2n) is 10.3. The Morgan fingerprint density at radius 2 is 1.43 bits per heavy atom. The first-order chi connectivity index (χ1) is 19.3. The number of nitrogens with one attached hydrogen (secondary N) is 1. The smallest absolute Gasteiger partial charge is 0.121 e. The maximum Gasteiger partial charge on any atom is 0.121 e. The molecule has 0 spiro atoms. The maximum atomic E-state index is 4.41. The molecule has 3 heteroatoms. The predicted octanol–water partition coefficient (Wildman–Crippen LogP) is 11.7. The van der Waals surface area contributed by atoms with Gasteiger partial charge in [0.25, 0.3) is 0 Å². The molecule has 0 amide bonds. The molecule has 3 rings (SSSR count). The van der Waals surface area contributed by atoms with Gasteiger partial charge in [-0.3, -0.25) is 10.3 Å². The number of amidine groups is 1. The lowest BCUT2D eigenvalue weighted by Gasteiger charge is -2.14. The summed E-state index contributed by atoms with van der Waals surface area (Å²) < 4.78 is 0. The molecule has 0 bridgehead atoms. The Morgan fingerprint density at radius 3 is 1.90 bits per heavy atom. The first-order valence-corrected chi connectivity index (χ1v) is 15.8. The molecule has 0 unspecified atom stereocenters. The summed E-state index contributed by atoms with van der Waals surface area (Å²) in [5.41, 5.74) is 2.24. The van der Waals surface area contributed by atoms with Crippen molar-refractivity contribution in [1.29, 1.82) is 0 Å². The van der Waals surface area contributed by atoms with Crippen LogP contribution < -0.4 is 5.32 Å². The van der Waals surface area contributed by atoms with Gasteiger partial charge >= 0.3 is 0 Å². The van der Waals surface area contributed by atoms with E-state index in [9.17, 15) is 0 Å². The molecule has 0 aromatic heterocycles. The Bertz CT molecular complexity index is 916. The molecular weight excluding hydrogens is 486 g/mol. The van der Waals surface area contributed by atoms with Crippen LogP contribution in [-0.4, -0.2) is 24.3 Å². The number of allylic oxidation sites excluding steroid dienone is 2. The fourth-order valence-electron chi connectivity index (χ4n) is 3.62. The third kappa shape index (κ3) is 24.5. The van der Waals surface area contributed by atoms with E-state index in [1.165, 1.54) is 80.5 Å². The number of hydrogen-bond donors (Lipinski definition) is 1. The molecule has 0 atom stereocenters. The molecular formula is C37H63N3.